The zero-order valence-electron chi connectivity index (χ0n) is 37.1. The van der Waals surface area contributed by atoms with Crippen LogP contribution in [0.4, 0.5) is 4.39 Å². The van der Waals surface area contributed by atoms with Crippen molar-refractivity contribution in [3.63, 3.8) is 0 Å². The first kappa shape index (κ1) is 37.5. The molecule has 0 N–H and O–H groups in total. The van der Waals surface area contributed by atoms with Gasteiger partial charge < -0.3 is 14.0 Å². The molecule has 0 fully saturated rings. The number of halogens is 1. The number of furan rings is 1. The molecule has 6 aromatic carbocycles. The van der Waals surface area contributed by atoms with Crippen LogP contribution in [0.5, 0.6) is 0 Å². The first-order chi connectivity index (χ1) is 30.4. The fraction of sp³-hybridized carbons (Fsp3) is 0.130. The maximum absolute atomic E-state index is 12.7. The van der Waals surface area contributed by atoms with E-state index in [-0.39, 0.29) is 43.3 Å². The minimum atomic E-state index is -2.15. The Labute approximate surface area is 373 Å². The average molecular weight is 978 g/mol. The fourth-order valence-corrected chi connectivity index (χ4v) is 7.71. The number of hydrogen-bond acceptors (Lipinski definition) is 4. The van der Waals surface area contributed by atoms with Gasteiger partial charge in [-0.1, -0.05) is 124 Å². The number of rotatable bonds is 7. The van der Waals surface area contributed by atoms with Crippen LogP contribution in [0.1, 0.15) is 60.3 Å². The van der Waals surface area contributed by atoms with Gasteiger partial charge in [-0.15, -0.1) is 48.0 Å². The summed E-state index contributed by atoms with van der Waals surface area (Å²) >= 11 is 0. The summed E-state index contributed by atoms with van der Waals surface area (Å²) < 4.78 is 43.3. The van der Waals surface area contributed by atoms with Crippen molar-refractivity contribution in [3.05, 3.63) is 192 Å². The van der Waals surface area contributed by atoms with Crippen LogP contribution >= 0.6 is 0 Å². The molecule has 4 aromatic heterocycles. The molecular formula is C54H43FIrN4O-2. The van der Waals surface area contributed by atoms with Crippen LogP contribution in [0.3, 0.4) is 0 Å². The van der Waals surface area contributed by atoms with Crippen LogP contribution in [0, 0.1) is 24.8 Å². The molecule has 0 atom stereocenters. The molecule has 0 aliphatic carbocycles. The molecule has 0 saturated heterocycles. The number of para-hydroxylation sites is 2. The largest absolute Gasteiger partial charge is 0.486 e. The molecule has 10 rings (SSSR count). The molecule has 303 valence electrons. The van der Waals surface area contributed by atoms with Gasteiger partial charge in [-0.3, -0.25) is 9.37 Å². The molecular weight excluding hydrogens is 932 g/mol. The quantitative estimate of drug-likeness (QED) is 0.149. The molecule has 0 amide bonds. The van der Waals surface area contributed by atoms with Gasteiger partial charge in [-0.25, -0.2) is 4.98 Å². The van der Waals surface area contributed by atoms with Crippen LogP contribution in [0.25, 0.3) is 83.8 Å². The van der Waals surface area contributed by atoms with Crippen LogP contribution in [0.2, 0.25) is 0 Å². The van der Waals surface area contributed by atoms with Crippen molar-refractivity contribution in [1.29, 1.82) is 0 Å². The fourth-order valence-electron chi connectivity index (χ4n) is 7.71. The molecule has 1 radical (unpaired) electrons. The van der Waals surface area contributed by atoms with Crippen molar-refractivity contribution in [3.8, 4) is 50.7 Å². The van der Waals surface area contributed by atoms with E-state index >= 15 is 0 Å². The van der Waals surface area contributed by atoms with E-state index in [1.54, 1.807) is 12.1 Å². The molecule has 0 spiro atoms. The monoisotopic (exact) mass is 978 g/mol. The van der Waals surface area contributed by atoms with Crippen molar-refractivity contribution in [2.75, 3.05) is 0 Å². The third-order valence-electron chi connectivity index (χ3n) is 10.7. The number of hydrogen-bond donors (Lipinski definition) is 0. The summed E-state index contributed by atoms with van der Waals surface area (Å²) in [5, 5.41) is 1.98. The molecule has 0 unspecified atom stereocenters. The van der Waals surface area contributed by atoms with E-state index in [9.17, 15) is 4.39 Å². The minimum absolute atomic E-state index is 0. The summed E-state index contributed by atoms with van der Waals surface area (Å²) in [4.78, 5) is 14.3. The Morgan fingerprint density at radius 3 is 2.02 bits per heavy atom. The first-order valence-electron chi connectivity index (χ1n) is 21.6. The molecule has 0 bridgehead atoms. The Bertz CT molecular complexity index is 3190. The summed E-state index contributed by atoms with van der Waals surface area (Å²) in [6.07, 6.45) is 1.31. The SMILES string of the molecule is CC(C)c1cc(-c2ccccc2)cc(C(C)C)c1-n1c(-c2[c-]ccc3c2oc2nc(-c4ccccc4)ccc23)nc2ccccc21.[2H]C([2H])([2H])c1ccc(-c2[c-]cc(F)cc2)nc1.[Ir]. The van der Waals surface area contributed by atoms with E-state index in [1.165, 1.54) is 52.3 Å². The minimum Gasteiger partial charge on any atom is -0.486 e. The maximum Gasteiger partial charge on any atom is 0.216 e. The molecule has 0 aliphatic heterocycles. The number of benzene rings is 6. The maximum atomic E-state index is 12.7. The van der Waals surface area contributed by atoms with Crippen LogP contribution in [-0.2, 0) is 20.1 Å². The summed E-state index contributed by atoms with van der Waals surface area (Å²) in [6, 6.07) is 55.6. The summed E-state index contributed by atoms with van der Waals surface area (Å²) in [7, 11) is 0. The van der Waals surface area contributed by atoms with Gasteiger partial charge >= 0.3 is 0 Å². The van der Waals surface area contributed by atoms with Gasteiger partial charge in [-0.05, 0) is 88.6 Å². The third-order valence-corrected chi connectivity index (χ3v) is 10.7. The standard InChI is InChI=1S/C42H34N3O.C12H9FN.Ir/c1-26(2)34-24-30(28-14-7-5-8-15-28)25-35(27(3)4)39(34)45-38-21-12-11-20-37(38)43-41(45)33-19-13-18-31-32-22-23-36(29-16-9-6-10-17-29)44-42(32)46-40(31)33;1-9-2-7-12(14-8-9)10-3-5-11(13)6-4-10;/h5-18,20-27H,1-4H3;2-3,5-8H,1H3;/q2*-1;/i;1D3;. The second-order valence-electron chi connectivity index (χ2n) is 15.4. The predicted octanol–water partition coefficient (Wildman–Crippen LogP) is 14.4. The first-order valence-corrected chi connectivity index (χ1v) is 20.1. The van der Waals surface area contributed by atoms with Crippen molar-refractivity contribution in [1.82, 2.24) is 19.5 Å². The molecule has 4 heterocycles. The Morgan fingerprint density at radius 1 is 0.672 bits per heavy atom. The zero-order chi connectivity index (χ0) is 43.8. The third kappa shape index (κ3) is 8.20. The van der Waals surface area contributed by atoms with E-state index in [4.69, 9.17) is 18.5 Å². The van der Waals surface area contributed by atoms with E-state index in [1.807, 2.05) is 24.3 Å². The average Bonchev–Trinajstić information content (AvgIpc) is 3.88. The van der Waals surface area contributed by atoms with Crippen LogP contribution in [0.15, 0.2) is 162 Å². The number of imidazole rings is 1. The molecule has 0 saturated carbocycles. The molecule has 7 heteroatoms. The van der Waals surface area contributed by atoms with Crippen molar-refractivity contribution in [2.24, 2.45) is 0 Å². The number of aryl methyl sites for hydroxylation is 1. The predicted molar refractivity (Wildman–Crippen MR) is 243 cm³/mol. The van der Waals surface area contributed by atoms with Crippen LogP contribution < -0.4 is 0 Å². The molecule has 0 aliphatic rings. The smallest absolute Gasteiger partial charge is 0.216 e. The van der Waals surface area contributed by atoms with Gasteiger partial charge in [0, 0.05) is 52.9 Å². The van der Waals surface area contributed by atoms with Gasteiger partial charge in [0.15, 0.2) is 0 Å². The van der Waals surface area contributed by atoms with E-state index in [0.29, 0.717) is 17.0 Å². The summed E-state index contributed by atoms with van der Waals surface area (Å²) in [5.74, 6) is 0.992. The van der Waals surface area contributed by atoms with Crippen molar-refractivity contribution < 1.29 is 33.0 Å². The Balaban J connectivity index is 0.000000262. The second-order valence-corrected chi connectivity index (χ2v) is 15.4. The van der Waals surface area contributed by atoms with E-state index < -0.39 is 6.85 Å². The number of pyridine rings is 2. The van der Waals surface area contributed by atoms with Gasteiger partial charge in [-0.2, -0.15) is 0 Å². The summed E-state index contributed by atoms with van der Waals surface area (Å²) in [5.41, 5.74) is 13.7. The van der Waals surface area contributed by atoms with Gasteiger partial charge in [0.1, 0.15) is 0 Å². The Hall–Kier alpha value is -6.53. The molecule has 10 aromatic rings. The second kappa shape index (κ2) is 17.6. The summed E-state index contributed by atoms with van der Waals surface area (Å²) in [6.45, 7) is 6.95. The molecule has 61 heavy (non-hydrogen) atoms. The topological polar surface area (TPSA) is 56.7 Å². The van der Waals surface area contributed by atoms with E-state index in [0.717, 1.165) is 50.0 Å². The van der Waals surface area contributed by atoms with Crippen molar-refractivity contribution >= 4 is 33.1 Å². The van der Waals surface area contributed by atoms with Crippen molar-refractivity contribution in [2.45, 2.75) is 46.4 Å². The zero-order valence-corrected chi connectivity index (χ0v) is 36.5. The van der Waals surface area contributed by atoms with Crippen LogP contribution in [-0.4, -0.2) is 19.5 Å². The Kier molecular flexibility index (Phi) is 10.8. The molecule has 5 nitrogen and oxygen atoms in total. The van der Waals surface area contributed by atoms with E-state index in [2.05, 4.69) is 146 Å². The Morgan fingerprint density at radius 2 is 1.36 bits per heavy atom. The number of aromatic nitrogens is 4. The normalized spacial score (nSPS) is 12.2. The number of nitrogens with zero attached hydrogens (tertiary/aromatic N) is 4. The number of fused-ring (bicyclic) bond motifs is 4. The van der Waals surface area contributed by atoms with Gasteiger partial charge in [0.05, 0.1) is 28.1 Å². The van der Waals surface area contributed by atoms with Gasteiger partial charge in [0.2, 0.25) is 5.71 Å². The van der Waals surface area contributed by atoms with Gasteiger partial charge in [0.25, 0.3) is 0 Å².